The van der Waals surface area contributed by atoms with Gasteiger partial charge in [0.25, 0.3) is 5.56 Å². The topological polar surface area (TPSA) is 73.2 Å². The van der Waals surface area contributed by atoms with Crippen LogP contribution in [-0.4, -0.2) is 33.9 Å². The third-order valence-corrected chi connectivity index (χ3v) is 6.58. The summed E-state index contributed by atoms with van der Waals surface area (Å²) in [5.41, 5.74) is 2.80. The fourth-order valence-electron chi connectivity index (χ4n) is 3.97. The minimum absolute atomic E-state index is 0.00918. The first-order valence-corrected chi connectivity index (χ1v) is 11.6. The lowest BCUT2D eigenvalue weighted by atomic mass is 10.0. The van der Waals surface area contributed by atoms with Crippen LogP contribution in [0.2, 0.25) is 0 Å². The number of fused-ring (bicyclic) bond motifs is 1. The number of nitrogens with zero attached hydrogens (tertiary/aromatic N) is 2. The highest BCUT2D eigenvalue weighted by molar-refractivity contribution is 7.99. The zero-order valence-corrected chi connectivity index (χ0v) is 18.7. The van der Waals surface area contributed by atoms with Crippen molar-refractivity contribution >= 4 is 28.6 Å². The first-order chi connectivity index (χ1) is 15.0. The Kier molecular flexibility index (Phi) is 6.73. The van der Waals surface area contributed by atoms with E-state index in [2.05, 4.69) is 5.32 Å². The number of nitrogens with one attached hydrogen (secondary N) is 1. The molecule has 1 aromatic heterocycles. The predicted octanol–water partition coefficient (Wildman–Crippen LogP) is 3.85. The van der Waals surface area contributed by atoms with Crippen LogP contribution in [0.15, 0.2) is 58.5 Å². The summed E-state index contributed by atoms with van der Waals surface area (Å²) in [7, 11) is 0. The summed E-state index contributed by atoms with van der Waals surface area (Å²) in [4.78, 5) is 30.5. The molecule has 0 bridgehead atoms. The summed E-state index contributed by atoms with van der Waals surface area (Å²) in [5.74, 6) is 0.0961. The zero-order valence-electron chi connectivity index (χ0n) is 17.8. The van der Waals surface area contributed by atoms with E-state index in [9.17, 15) is 9.59 Å². The molecule has 3 aromatic rings. The summed E-state index contributed by atoms with van der Waals surface area (Å²) < 4.78 is 7.41. The molecule has 0 saturated carbocycles. The SMILES string of the molecule is Cc1ccccc1C(C)NC(=O)CSc1nc2ccccc2c(=O)n1CC1CCCO1. The Balaban J connectivity index is 1.52. The molecule has 2 aromatic carbocycles. The maximum absolute atomic E-state index is 13.1. The zero-order chi connectivity index (χ0) is 21.8. The number of benzene rings is 2. The van der Waals surface area contributed by atoms with Crippen LogP contribution in [0.3, 0.4) is 0 Å². The Bertz CT molecular complexity index is 1140. The first-order valence-electron chi connectivity index (χ1n) is 10.6. The van der Waals surface area contributed by atoms with Crippen LogP contribution in [0.25, 0.3) is 10.9 Å². The lowest BCUT2D eigenvalue weighted by Gasteiger charge is -2.18. The number of amides is 1. The lowest BCUT2D eigenvalue weighted by Crippen LogP contribution is -2.31. The normalized spacial score (nSPS) is 17.0. The molecule has 1 fully saturated rings. The van der Waals surface area contributed by atoms with Crippen molar-refractivity contribution in [3.8, 4) is 0 Å². The van der Waals surface area contributed by atoms with Crippen LogP contribution in [0.5, 0.6) is 0 Å². The van der Waals surface area contributed by atoms with Crippen molar-refractivity contribution in [2.75, 3.05) is 12.4 Å². The summed E-state index contributed by atoms with van der Waals surface area (Å²) in [5, 5.41) is 4.19. The number of aryl methyl sites for hydroxylation is 1. The second kappa shape index (κ2) is 9.66. The van der Waals surface area contributed by atoms with Crippen molar-refractivity contribution in [3.63, 3.8) is 0 Å². The predicted molar refractivity (Wildman–Crippen MR) is 123 cm³/mol. The third kappa shape index (κ3) is 4.99. The highest BCUT2D eigenvalue weighted by Crippen LogP contribution is 2.22. The molecule has 1 saturated heterocycles. The highest BCUT2D eigenvalue weighted by atomic mass is 32.2. The molecule has 1 amide bonds. The van der Waals surface area contributed by atoms with Crippen LogP contribution in [-0.2, 0) is 16.1 Å². The Hall–Kier alpha value is -2.64. The van der Waals surface area contributed by atoms with Crippen molar-refractivity contribution in [2.24, 2.45) is 0 Å². The van der Waals surface area contributed by atoms with Crippen LogP contribution in [0, 0.1) is 6.92 Å². The van der Waals surface area contributed by atoms with Gasteiger partial charge in [0.2, 0.25) is 5.91 Å². The molecular formula is C24H27N3O3S. The van der Waals surface area contributed by atoms with E-state index in [0.717, 1.165) is 30.6 Å². The van der Waals surface area contributed by atoms with Gasteiger partial charge in [0.1, 0.15) is 0 Å². The number of hydrogen-bond donors (Lipinski definition) is 1. The molecule has 31 heavy (non-hydrogen) atoms. The Morgan fingerprint density at radius 1 is 1.26 bits per heavy atom. The number of ether oxygens (including phenoxy) is 1. The van der Waals surface area contributed by atoms with Gasteiger partial charge in [-0.2, -0.15) is 0 Å². The fraction of sp³-hybridized carbons (Fsp3) is 0.375. The molecule has 7 heteroatoms. The van der Waals surface area contributed by atoms with E-state index in [1.165, 1.54) is 11.8 Å². The molecule has 1 aliphatic heterocycles. The molecular weight excluding hydrogens is 410 g/mol. The van der Waals surface area contributed by atoms with Crippen molar-refractivity contribution in [1.82, 2.24) is 14.9 Å². The molecule has 4 rings (SSSR count). The van der Waals surface area contributed by atoms with Crippen molar-refractivity contribution in [2.45, 2.75) is 50.5 Å². The first kappa shape index (κ1) is 21.6. The summed E-state index contributed by atoms with van der Waals surface area (Å²) in [6.07, 6.45) is 1.94. The number of thioether (sulfide) groups is 1. The van der Waals surface area contributed by atoms with Gasteiger partial charge in [-0.15, -0.1) is 0 Å². The van der Waals surface area contributed by atoms with E-state index in [-0.39, 0.29) is 29.4 Å². The van der Waals surface area contributed by atoms with Crippen LogP contribution in [0.1, 0.15) is 36.9 Å². The van der Waals surface area contributed by atoms with Crippen LogP contribution < -0.4 is 10.9 Å². The summed E-state index contributed by atoms with van der Waals surface area (Å²) in [6.45, 7) is 5.20. The Morgan fingerprint density at radius 2 is 2.03 bits per heavy atom. The smallest absolute Gasteiger partial charge is 0.262 e. The van der Waals surface area contributed by atoms with Gasteiger partial charge in [-0.25, -0.2) is 4.98 Å². The number of carbonyl (C=O) groups is 1. The van der Waals surface area contributed by atoms with Gasteiger partial charge in [-0.05, 0) is 49.9 Å². The molecule has 162 valence electrons. The van der Waals surface area contributed by atoms with Gasteiger partial charge >= 0.3 is 0 Å². The molecule has 2 atom stereocenters. The standard InChI is InChI=1S/C24H27N3O3S/c1-16-8-3-4-10-19(16)17(2)25-22(28)15-31-24-26-21-12-6-5-11-20(21)23(29)27(24)14-18-9-7-13-30-18/h3-6,8,10-12,17-18H,7,9,13-15H2,1-2H3,(H,25,28). The fourth-order valence-corrected chi connectivity index (χ4v) is 4.79. The van der Waals surface area contributed by atoms with Gasteiger partial charge in [0.15, 0.2) is 5.16 Å². The number of hydrogen-bond acceptors (Lipinski definition) is 5. The highest BCUT2D eigenvalue weighted by Gasteiger charge is 2.21. The molecule has 6 nitrogen and oxygen atoms in total. The molecule has 0 spiro atoms. The Labute approximate surface area is 186 Å². The molecule has 0 aliphatic carbocycles. The minimum Gasteiger partial charge on any atom is -0.376 e. The van der Waals surface area contributed by atoms with E-state index in [4.69, 9.17) is 9.72 Å². The number of para-hydroxylation sites is 1. The van der Waals surface area contributed by atoms with Crippen molar-refractivity contribution in [1.29, 1.82) is 0 Å². The average Bonchev–Trinajstić information content (AvgIpc) is 3.28. The van der Waals surface area contributed by atoms with Gasteiger partial charge in [-0.3, -0.25) is 14.2 Å². The molecule has 2 heterocycles. The molecule has 1 aliphatic rings. The van der Waals surface area contributed by atoms with Crippen LogP contribution in [0.4, 0.5) is 0 Å². The van der Waals surface area contributed by atoms with Gasteiger partial charge in [0.05, 0.1) is 35.3 Å². The average molecular weight is 438 g/mol. The van der Waals surface area contributed by atoms with Gasteiger partial charge in [-0.1, -0.05) is 48.2 Å². The largest absolute Gasteiger partial charge is 0.376 e. The lowest BCUT2D eigenvalue weighted by molar-refractivity contribution is -0.119. The van der Waals surface area contributed by atoms with E-state index >= 15 is 0 Å². The third-order valence-electron chi connectivity index (χ3n) is 5.60. The second-order valence-corrected chi connectivity index (χ2v) is 8.84. The van der Waals surface area contributed by atoms with E-state index in [1.54, 1.807) is 10.6 Å². The number of aromatic nitrogens is 2. The molecule has 2 unspecified atom stereocenters. The van der Waals surface area contributed by atoms with E-state index in [1.807, 2.05) is 56.3 Å². The maximum Gasteiger partial charge on any atom is 0.262 e. The monoisotopic (exact) mass is 437 g/mol. The quantitative estimate of drug-likeness (QED) is 0.449. The summed E-state index contributed by atoms with van der Waals surface area (Å²) in [6, 6.07) is 15.3. The second-order valence-electron chi connectivity index (χ2n) is 7.90. The van der Waals surface area contributed by atoms with E-state index < -0.39 is 0 Å². The van der Waals surface area contributed by atoms with Gasteiger partial charge in [0, 0.05) is 6.61 Å². The minimum atomic E-state index is -0.0909. The number of rotatable bonds is 7. The number of carbonyl (C=O) groups excluding carboxylic acids is 1. The van der Waals surface area contributed by atoms with Crippen molar-refractivity contribution in [3.05, 3.63) is 70.0 Å². The van der Waals surface area contributed by atoms with Crippen LogP contribution >= 0.6 is 11.8 Å². The Morgan fingerprint density at radius 3 is 2.81 bits per heavy atom. The maximum atomic E-state index is 13.1. The van der Waals surface area contributed by atoms with Crippen molar-refractivity contribution < 1.29 is 9.53 Å². The summed E-state index contributed by atoms with van der Waals surface area (Å²) >= 11 is 1.29. The van der Waals surface area contributed by atoms with Gasteiger partial charge < -0.3 is 10.1 Å². The molecule has 1 N–H and O–H groups in total. The van der Waals surface area contributed by atoms with E-state index in [0.29, 0.717) is 22.6 Å². The molecule has 0 radical (unpaired) electrons.